The standard InChI is InChI=1S/C27H42O7/c1-13-5-8-26(33-12-13)14(2)22-19(34-26)10-17-15-9-21(30)27(32)23(31)18(28)11-20(29)25(27,4)16(15)6-7-24(17,22)3/h14-23,28-32H,1,5-12H2,2-4H3/t14-,15+,16-,17-,18+,19-,20+,21+,22-,23-,24-,25-,26+,27-/m0/s1. The zero-order valence-corrected chi connectivity index (χ0v) is 20.7. The molecule has 192 valence electrons. The third kappa shape index (κ3) is 2.62. The molecular weight excluding hydrogens is 436 g/mol. The Morgan fingerprint density at radius 1 is 0.971 bits per heavy atom. The van der Waals surface area contributed by atoms with Crippen LogP contribution in [-0.2, 0) is 9.47 Å². The molecule has 1 spiro atoms. The van der Waals surface area contributed by atoms with Crippen molar-refractivity contribution >= 4 is 0 Å². The molecule has 4 saturated carbocycles. The molecule has 2 heterocycles. The number of ether oxygens (including phenoxy) is 2. The van der Waals surface area contributed by atoms with Crippen molar-refractivity contribution < 1.29 is 35.0 Å². The molecule has 7 nitrogen and oxygen atoms in total. The van der Waals surface area contributed by atoms with Gasteiger partial charge in [-0.15, -0.1) is 0 Å². The first kappa shape index (κ1) is 23.8. The summed E-state index contributed by atoms with van der Waals surface area (Å²) in [4.78, 5) is 0. The lowest BCUT2D eigenvalue weighted by Crippen LogP contribution is -2.78. The third-order valence-electron chi connectivity index (χ3n) is 12.1. The van der Waals surface area contributed by atoms with E-state index >= 15 is 0 Å². The number of aliphatic hydroxyl groups excluding tert-OH is 4. The van der Waals surface area contributed by atoms with E-state index in [4.69, 9.17) is 9.47 Å². The lowest BCUT2D eigenvalue weighted by molar-refractivity contribution is -0.331. The van der Waals surface area contributed by atoms with E-state index in [2.05, 4.69) is 20.4 Å². The lowest BCUT2D eigenvalue weighted by atomic mass is 9.41. The van der Waals surface area contributed by atoms with E-state index in [1.165, 1.54) is 0 Å². The van der Waals surface area contributed by atoms with Gasteiger partial charge in [0, 0.05) is 24.2 Å². The second-order valence-electron chi connectivity index (χ2n) is 13.1. The number of hydrogen-bond donors (Lipinski definition) is 5. The van der Waals surface area contributed by atoms with Crippen molar-refractivity contribution in [3.8, 4) is 0 Å². The van der Waals surface area contributed by atoms with Gasteiger partial charge in [-0.1, -0.05) is 32.9 Å². The summed E-state index contributed by atoms with van der Waals surface area (Å²) in [7, 11) is 0. The van der Waals surface area contributed by atoms with Crippen LogP contribution in [0.25, 0.3) is 0 Å². The molecule has 14 atom stereocenters. The van der Waals surface area contributed by atoms with Gasteiger partial charge in [-0.05, 0) is 61.2 Å². The Labute approximate surface area is 202 Å². The van der Waals surface area contributed by atoms with Crippen LogP contribution in [0.2, 0.25) is 0 Å². The summed E-state index contributed by atoms with van der Waals surface area (Å²) in [5.41, 5.74) is -1.87. The number of hydrogen-bond acceptors (Lipinski definition) is 7. The predicted molar refractivity (Wildman–Crippen MR) is 123 cm³/mol. The van der Waals surface area contributed by atoms with Crippen LogP contribution in [0.5, 0.6) is 0 Å². The van der Waals surface area contributed by atoms with Gasteiger partial charge < -0.3 is 35.0 Å². The van der Waals surface area contributed by atoms with Crippen molar-refractivity contribution in [1.82, 2.24) is 0 Å². The Kier molecular flexibility index (Phi) is 5.10. The molecule has 34 heavy (non-hydrogen) atoms. The van der Waals surface area contributed by atoms with Crippen molar-refractivity contribution in [2.75, 3.05) is 6.61 Å². The highest BCUT2D eigenvalue weighted by Crippen LogP contribution is 2.71. The summed E-state index contributed by atoms with van der Waals surface area (Å²) in [6, 6.07) is 0. The van der Waals surface area contributed by atoms with E-state index in [0.29, 0.717) is 24.9 Å². The summed E-state index contributed by atoms with van der Waals surface area (Å²) in [5, 5.41) is 55.3. The van der Waals surface area contributed by atoms with Crippen molar-refractivity contribution in [2.24, 2.45) is 40.4 Å². The molecule has 6 fully saturated rings. The molecule has 0 bridgehead atoms. The highest BCUT2D eigenvalue weighted by Gasteiger charge is 2.75. The molecule has 0 unspecified atom stereocenters. The molecule has 7 heteroatoms. The van der Waals surface area contributed by atoms with Crippen LogP contribution >= 0.6 is 0 Å². The summed E-state index contributed by atoms with van der Waals surface area (Å²) in [5.74, 6) is 0.454. The third-order valence-corrected chi connectivity index (χ3v) is 12.1. The van der Waals surface area contributed by atoms with Crippen LogP contribution in [0.1, 0.15) is 65.7 Å². The minimum atomic E-state index is -1.93. The molecule has 0 radical (unpaired) electrons. The van der Waals surface area contributed by atoms with Gasteiger partial charge in [0.05, 0.1) is 31.0 Å². The molecule has 0 aromatic rings. The zero-order chi connectivity index (χ0) is 24.4. The number of fused-ring (bicyclic) bond motifs is 7. The summed E-state index contributed by atoms with van der Waals surface area (Å²) < 4.78 is 13.0. The fourth-order valence-electron chi connectivity index (χ4n) is 10.2. The fraction of sp³-hybridized carbons (Fsp3) is 0.926. The number of rotatable bonds is 0. The van der Waals surface area contributed by atoms with Gasteiger partial charge in [-0.25, -0.2) is 0 Å². The monoisotopic (exact) mass is 478 g/mol. The summed E-state index contributed by atoms with van der Waals surface area (Å²) >= 11 is 0. The molecule has 2 aliphatic heterocycles. The summed E-state index contributed by atoms with van der Waals surface area (Å²) in [6.07, 6.45) is -0.0298. The molecule has 2 saturated heterocycles. The first-order valence-corrected chi connectivity index (χ1v) is 13.3. The van der Waals surface area contributed by atoms with E-state index in [1.54, 1.807) is 0 Å². The SMILES string of the molecule is C=C1CC[C@@]2(OC1)O[C@H]1C[C@H]3[C@@H]4C[C@@H](O)[C@]5(O)[C@@H](O)[C@H](O)C[C@@H](O)[C@]5(C)[C@H]4CC[C@]3(C)[C@H]1[C@@H]2C. The molecule has 0 aromatic carbocycles. The van der Waals surface area contributed by atoms with Gasteiger partial charge in [0.15, 0.2) is 5.79 Å². The second kappa shape index (κ2) is 7.27. The largest absolute Gasteiger partial charge is 0.392 e. The van der Waals surface area contributed by atoms with E-state index < -0.39 is 41.2 Å². The Morgan fingerprint density at radius 2 is 1.71 bits per heavy atom. The highest BCUT2D eigenvalue weighted by atomic mass is 16.7. The highest BCUT2D eigenvalue weighted by molar-refractivity contribution is 5.23. The lowest BCUT2D eigenvalue weighted by Gasteiger charge is -2.67. The van der Waals surface area contributed by atoms with E-state index in [0.717, 1.165) is 37.7 Å². The van der Waals surface area contributed by atoms with Gasteiger partial charge in [0.1, 0.15) is 11.7 Å². The maximum Gasteiger partial charge on any atom is 0.172 e. The van der Waals surface area contributed by atoms with Gasteiger partial charge in [-0.3, -0.25) is 0 Å². The first-order valence-electron chi connectivity index (χ1n) is 13.3. The van der Waals surface area contributed by atoms with E-state index in [-0.39, 0.29) is 35.7 Å². The first-order chi connectivity index (χ1) is 15.9. The van der Waals surface area contributed by atoms with Gasteiger partial charge in [0.25, 0.3) is 0 Å². The van der Waals surface area contributed by atoms with Crippen LogP contribution in [-0.4, -0.2) is 74.0 Å². The van der Waals surface area contributed by atoms with Gasteiger partial charge in [-0.2, -0.15) is 0 Å². The normalized spacial score (nSPS) is 63.2. The van der Waals surface area contributed by atoms with Crippen molar-refractivity contribution in [3.05, 3.63) is 12.2 Å². The maximum atomic E-state index is 11.7. The Hall–Kier alpha value is -0.540. The topological polar surface area (TPSA) is 120 Å². The summed E-state index contributed by atoms with van der Waals surface area (Å²) in [6.45, 7) is 11.1. The van der Waals surface area contributed by atoms with Crippen molar-refractivity contribution in [1.29, 1.82) is 0 Å². The molecule has 0 aromatic heterocycles. The van der Waals surface area contributed by atoms with Crippen LogP contribution in [0.4, 0.5) is 0 Å². The van der Waals surface area contributed by atoms with Crippen molar-refractivity contribution in [2.45, 2.75) is 108 Å². The molecule has 6 rings (SSSR count). The van der Waals surface area contributed by atoms with Crippen LogP contribution in [0, 0.1) is 40.4 Å². The van der Waals surface area contributed by atoms with Gasteiger partial charge >= 0.3 is 0 Å². The van der Waals surface area contributed by atoms with Gasteiger partial charge in [0.2, 0.25) is 0 Å². The molecule has 0 amide bonds. The average molecular weight is 479 g/mol. The average Bonchev–Trinajstić information content (AvgIpc) is 3.23. The molecule has 5 N–H and O–H groups in total. The van der Waals surface area contributed by atoms with E-state index in [1.807, 2.05) is 6.92 Å². The predicted octanol–water partition coefficient (Wildman–Crippen LogP) is 1.74. The quantitative estimate of drug-likeness (QED) is 0.337. The van der Waals surface area contributed by atoms with Crippen LogP contribution < -0.4 is 0 Å². The van der Waals surface area contributed by atoms with E-state index in [9.17, 15) is 25.5 Å². The molecule has 6 aliphatic rings. The molecular formula is C27H42O7. The maximum absolute atomic E-state index is 11.7. The Balaban J connectivity index is 1.33. The fourth-order valence-corrected chi connectivity index (χ4v) is 10.2. The zero-order valence-electron chi connectivity index (χ0n) is 20.7. The minimum Gasteiger partial charge on any atom is -0.392 e. The van der Waals surface area contributed by atoms with Crippen LogP contribution in [0.3, 0.4) is 0 Å². The van der Waals surface area contributed by atoms with Crippen molar-refractivity contribution in [3.63, 3.8) is 0 Å². The number of aliphatic hydroxyl groups is 5. The minimum absolute atomic E-state index is 0.00833. The molecule has 4 aliphatic carbocycles. The Bertz CT molecular complexity index is 867. The van der Waals surface area contributed by atoms with Crippen LogP contribution in [0.15, 0.2) is 12.2 Å². The smallest absolute Gasteiger partial charge is 0.172 e. The second-order valence-corrected chi connectivity index (χ2v) is 13.1. The Morgan fingerprint density at radius 3 is 2.38 bits per heavy atom.